The molecule has 41 heavy (non-hydrogen) atoms. The third-order valence-electron chi connectivity index (χ3n) is 7.88. The lowest BCUT2D eigenvalue weighted by molar-refractivity contribution is 0.0503. The Hall–Kier alpha value is -3.38. The van der Waals surface area contributed by atoms with E-state index in [9.17, 15) is 13.6 Å². The van der Waals surface area contributed by atoms with Crippen LogP contribution in [0.3, 0.4) is 0 Å². The Labute approximate surface area is 238 Å². The number of carbonyl (C=O) groups is 1. The Morgan fingerprint density at radius 2 is 1.98 bits per heavy atom. The van der Waals surface area contributed by atoms with Gasteiger partial charge in [-0.05, 0) is 63.9 Å². The first-order valence-electron chi connectivity index (χ1n) is 14.6. The molecule has 1 aliphatic heterocycles. The van der Waals surface area contributed by atoms with Crippen LogP contribution in [0.5, 0.6) is 0 Å². The number of hydrogen-bond acceptors (Lipinski definition) is 7. The summed E-state index contributed by atoms with van der Waals surface area (Å²) in [5.74, 6) is -0.177. The van der Waals surface area contributed by atoms with Crippen LogP contribution < -0.4 is 10.6 Å². The molecule has 1 aliphatic carbocycles. The summed E-state index contributed by atoms with van der Waals surface area (Å²) >= 11 is 0. The van der Waals surface area contributed by atoms with Gasteiger partial charge in [0.25, 0.3) is 0 Å². The van der Waals surface area contributed by atoms with Crippen LogP contribution in [-0.2, 0) is 9.47 Å². The zero-order valence-electron chi connectivity index (χ0n) is 23.5. The van der Waals surface area contributed by atoms with E-state index in [1.807, 2.05) is 11.8 Å². The largest absolute Gasteiger partial charge is 0.379 e. The minimum Gasteiger partial charge on any atom is -0.379 e. The number of nitrogens with zero attached hydrogens (tertiary/aromatic N) is 4. The topological polar surface area (TPSA) is 117 Å². The standard InChI is InChI=1S/C29H39F2N7O3/c1-2-40-11-12-41-10-4-5-19-8-9-38(18-19)29(39)36-22-7-3-6-21(14-22)35-28-25(31)17-34-27(37-28)24-16-33-26-23(24)13-20(30)15-32-26/h13,15-17,19,21-22H,2-12,14,18H2,1H3,(H,32,33)(H,36,39)(H,34,35,37)/t19?,21?,22-/m0/s1. The fourth-order valence-corrected chi connectivity index (χ4v) is 5.76. The summed E-state index contributed by atoms with van der Waals surface area (Å²) < 4.78 is 39.4. The Morgan fingerprint density at radius 1 is 1.12 bits per heavy atom. The van der Waals surface area contributed by atoms with Gasteiger partial charge in [-0.3, -0.25) is 0 Å². The average Bonchev–Trinajstić information content (AvgIpc) is 3.61. The van der Waals surface area contributed by atoms with Crippen LogP contribution in [-0.4, -0.2) is 82.5 Å². The lowest BCUT2D eigenvalue weighted by Gasteiger charge is -2.32. The summed E-state index contributed by atoms with van der Waals surface area (Å²) in [4.78, 5) is 30.5. The summed E-state index contributed by atoms with van der Waals surface area (Å²) in [6.07, 6.45) is 10.2. The normalized spacial score (nSPS) is 21.0. The number of hydrogen-bond donors (Lipinski definition) is 3. The number of aromatic amines is 1. The number of ether oxygens (including phenoxy) is 2. The molecule has 3 aromatic rings. The van der Waals surface area contributed by atoms with E-state index in [0.29, 0.717) is 48.8 Å². The molecule has 4 heterocycles. The van der Waals surface area contributed by atoms with Gasteiger partial charge >= 0.3 is 6.03 Å². The lowest BCUT2D eigenvalue weighted by atomic mass is 9.91. The van der Waals surface area contributed by atoms with Crippen LogP contribution in [0.1, 0.15) is 51.9 Å². The van der Waals surface area contributed by atoms with Gasteiger partial charge in [0.1, 0.15) is 11.5 Å². The molecule has 0 spiro atoms. The molecule has 0 radical (unpaired) electrons. The van der Waals surface area contributed by atoms with Crippen LogP contribution in [0.2, 0.25) is 0 Å². The number of rotatable bonds is 12. The van der Waals surface area contributed by atoms with Gasteiger partial charge in [-0.2, -0.15) is 0 Å². The molecule has 2 amide bonds. The highest BCUT2D eigenvalue weighted by atomic mass is 19.1. The van der Waals surface area contributed by atoms with Gasteiger partial charge in [0.15, 0.2) is 17.5 Å². The van der Waals surface area contributed by atoms with Gasteiger partial charge in [0, 0.05) is 55.5 Å². The van der Waals surface area contributed by atoms with Gasteiger partial charge in [-0.25, -0.2) is 28.5 Å². The number of halogens is 2. The Balaban J connectivity index is 1.10. The maximum absolute atomic E-state index is 14.7. The Morgan fingerprint density at radius 3 is 2.85 bits per heavy atom. The van der Waals surface area contributed by atoms with Gasteiger partial charge < -0.3 is 30.0 Å². The molecule has 0 aromatic carbocycles. The fourth-order valence-electron chi connectivity index (χ4n) is 5.76. The number of likely N-dealkylation sites (tertiary alicyclic amines) is 1. The highest BCUT2D eigenvalue weighted by Gasteiger charge is 2.30. The molecule has 3 aromatic heterocycles. The molecule has 2 fully saturated rings. The van der Waals surface area contributed by atoms with E-state index in [1.54, 1.807) is 6.20 Å². The Bertz CT molecular complexity index is 1310. The number of urea groups is 1. The number of amides is 2. The second kappa shape index (κ2) is 14.0. The maximum atomic E-state index is 14.7. The smallest absolute Gasteiger partial charge is 0.317 e. The van der Waals surface area contributed by atoms with E-state index in [-0.39, 0.29) is 29.8 Å². The SMILES string of the molecule is CCOCCOCCCC1CCN(C(=O)N[C@H]2CCCC(Nc3nc(-c4c[nH]c5ncc(F)cc45)ncc3F)C2)C1. The van der Waals surface area contributed by atoms with Crippen LogP contribution in [0, 0.1) is 17.6 Å². The number of fused-ring (bicyclic) bond motifs is 1. The average molecular weight is 572 g/mol. The molecule has 5 rings (SSSR count). The van der Waals surface area contributed by atoms with Gasteiger partial charge in [-0.15, -0.1) is 0 Å². The van der Waals surface area contributed by atoms with Crippen LogP contribution in [0.4, 0.5) is 19.4 Å². The molecule has 0 bridgehead atoms. The van der Waals surface area contributed by atoms with Gasteiger partial charge in [0.05, 0.1) is 25.6 Å². The van der Waals surface area contributed by atoms with Crippen molar-refractivity contribution in [3.8, 4) is 11.4 Å². The number of nitrogens with one attached hydrogen (secondary N) is 3. The van der Waals surface area contributed by atoms with Crippen molar-refractivity contribution in [3.05, 3.63) is 36.3 Å². The van der Waals surface area contributed by atoms with Crippen LogP contribution in [0.15, 0.2) is 24.7 Å². The highest BCUT2D eigenvalue weighted by Crippen LogP contribution is 2.29. The molecule has 3 N–H and O–H groups in total. The van der Waals surface area contributed by atoms with Crippen molar-refractivity contribution in [2.75, 3.05) is 44.8 Å². The molecule has 2 unspecified atom stereocenters. The molecule has 1 saturated carbocycles. The molecule has 3 atom stereocenters. The molecule has 1 saturated heterocycles. The van der Waals surface area contributed by atoms with Crippen LogP contribution in [0.25, 0.3) is 22.4 Å². The van der Waals surface area contributed by atoms with Crippen molar-refractivity contribution < 1.29 is 23.0 Å². The third kappa shape index (κ3) is 7.68. The second-order valence-corrected chi connectivity index (χ2v) is 10.8. The molecule has 12 heteroatoms. The molecule has 2 aliphatic rings. The first-order chi connectivity index (χ1) is 20.0. The number of H-pyrrole nitrogens is 1. The first kappa shape index (κ1) is 29.1. The van der Waals surface area contributed by atoms with Crippen molar-refractivity contribution in [1.29, 1.82) is 0 Å². The van der Waals surface area contributed by atoms with E-state index in [0.717, 1.165) is 70.6 Å². The first-order valence-corrected chi connectivity index (χ1v) is 14.6. The van der Waals surface area contributed by atoms with Gasteiger partial charge in [-0.1, -0.05) is 0 Å². The summed E-state index contributed by atoms with van der Waals surface area (Å²) in [6, 6.07) is 1.27. The predicted molar refractivity (Wildman–Crippen MR) is 151 cm³/mol. The zero-order chi connectivity index (χ0) is 28.6. The fraction of sp³-hybridized carbons (Fsp3) is 0.586. The van der Waals surface area contributed by atoms with Crippen molar-refractivity contribution in [2.24, 2.45) is 5.92 Å². The Kier molecular flexibility index (Phi) is 9.94. The van der Waals surface area contributed by atoms with Gasteiger partial charge in [0.2, 0.25) is 0 Å². The van der Waals surface area contributed by atoms with Crippen LogP contribution >= 0.6 is 0 Å². The minimum absolute atomic E-state index is 0.00132. The quantitative estimate of drug-likeness (QED) is 0.265. The summed E-state index contributed by atoms with van der Waals surface area (Å²) in [5.41, 5.74) is 1.04. The highest BCUT2D eigenvalue weighted by molar-refractivity contribution is 5.91. The predicted octanol–water partition coefficient (Wildman–Crippen LogP) is 4.89. The van der Waals surface area contributed by atoms with E-state index in [2.05, 4.69) is 30.6 Å². The van der Waals surface area contributed by atoms with E-state index in [4.69, 9.17) is 9.47 Å². The number of aromatic nitrogens is 4. The van der Waals surface area contributed by atoms with E-state index < -0.39 is 11.6 Å². The third-order valence-corrected chi connectivity index (χ3v) is 7.88. The summed E-state index contributed by atoms with van der Waals surface area (Å²) in [6.45, 7) is 6.18. The summed E-state index contributed by atoms with van der Waals surface area (Å²) in [7, 11) is 0. The van der Waals surface area contributed by atoms with Crippen molar-refractivity contribution >= 4 is 22.9 Å². The minimum atomic E-state index is -0.563. The van der Waals surface area contributed by atoms with Crippen molar-refractivity contribution in [3.63, 3.8) is 0 Å². The van der Waals surface area contributed by atoms with E-state index >= 15 is 0 Å². The molecule has 10 nitrogen and oxygen atoms in total. The van der Waals surface area contributed by atoms with Crippen molar-refractivity contribution in [1.82, 2.24) is 30.2 Å². The molecular formula is C29H39F2N7O3. The molecule has 222 valence electrons. The number of pyridine rings is 1. The monoisotopic (exact) mass is 571 g/mol. The summed E-state index contributed by atoms with van der Waals surface area (Å²) in [5, 5.41) is 6.95. The number of carbonyl (C=O) groups excluding carboxylic acids is 1. The molecular weight excluding hydrogens is 532 g/mol. The number of anilines is 1. The van der Waals surface area contributed by atoms with E-state index in [1.165, 1.54) is 6.07 Å². The lowest BCUT2D eigenvalue weighted by Crippen LogP contribution is -2.47. The maximum Gasteiger partial charge on any atom is 0.317 e. The van der Waals surface area contributed by atoms with Crippen molar-refractivity contribution in [2.45, 2.75) is 64.0 Å². The zero-order valence-corrected chi connectivity index (χ0v) is 23.5. The second-order valence-electron chi connectivity index (χ2n) is 10.8.